The SMILES string of the molecule is CCC(C)NC(=O)CCNc1ccnc(C2CC2)n1. The number of hydrogen-bond donors (Lipinski definition) is 2. The second kappa shape index (κ2) is 6.50. The Bertz CT molecular complexity index is 431. The summed E-state index contributed by atoms with van der Waals surface area (Å²) >= 11 is 0. The van der Waals surface area contributed by atoms with Gasteiger partial charge in [0.25, 0.3) is 0 Å². The first-order valence-electron chi connectivity index (χ1n) is 7.05. The molecule has 1 amide bonds. The molecule has 0 aromatic carbocycles. The summed E-state index contributed by atoms with van der Waals surface area (Å²) in [6, 6.07) is 2.09. The Morgan fingerprint density at radius 3 is 3.00 bits per heavy atom. The van der Waals surface area contributed by atoms with Gasteiger partial charge in [0, 0.05) is 31.1 Å². The molecule has 2 rings (SSSR count). The third kappa shape index (κ3) is 4.50. The number of nitrogens with one attached hydrogen (secondary N) is 2. The van der Waals surface area contributed by atoms with Gasteiger partial charge in [-0.05, 0) is 32.3 Å². The molecule has 0 saturated heterocycles. The third-order valence-corrected chi connectivity index (χ3v) is 3.29. The van der Waals surface area contributed by atoms with E-state index in [9.17, 15) is 4.79 Å². The lowest BCUT2D eigenvalue weighted by atomic mass is 10.2. The van der Waals surface area contributed by atoms with Gasteiger partial charge in [-0.3, -0.25) is 4.79 Å². The van der Waals surface area contributed by atoms with Crippen molar-refractivity contribution in [1.29, 1.82) is 0 Å². The molecule has 1 unspecified atom stereocenters. The minimum Gasteiger partial charge on any atom is -0.369 e. The van der Waals surface area contributed by atoms with E-state index in [4.69, 9.17) is 0 Å². The van der Waals surface area contributed by atoms with Gasteiger partial charge in [-0.2, -0.15) is 0 Å². The average molecular weight is 262 g/mol. The van der Waals surface area contributed by atoms with Gasteiger partial charge in [0.15, 0.2) is 0 Å². The molecule has 1 aliphatic carbocycles. The van der Waals surface area contributed by atoms with E-state index in [2.05, 4.69) is 27.5 Å². The first-order chi connectivity index (χ1) is 9.19. The fraction of sp³-hybridized carbons (Fsp3) is 0.643. The molecule has 1 aromatic rings. The second-order valence-electron chi connectivity index (χ2n) is 5.13. The van der Waals surface area contributed by atoms with Crippen LogP contribution in [-0.2, 0) is 4.79 Å². The highest BCUT2D eigenvalue weighted by atomic mass is 16.1. The van der Waals surface area contributed by atoms with Crippen molar-refractivity contribution in [3.63, 3.8) is 0 Å². The smallest absolute Gasteiger partial charge is 0.221 e. The molecular formula is C14H22N4O. The Morgan fingerprint density at radius 2 is 2.32 bits per heavy atom. The van der Waals surface area contributed by atoms with E-state index < -0.39 is 0 Å². The van der Waals surface area contributed by atoms with E-state index >= 15 is 0 Å². The largest absolute Gasteiger partial charge is 0.369 e. The summed E-state index contributed by atoms with van der Waals surface area (Å²) in [7, 11) is 0. The Morgan fingerprint density at radius 1 is 1.53 bits per heavy atom. The number of carbonyl (C=O) groups excluding carboxylic acids is 1. The fourth-order valence-electron chi connectivity index (χ4n) is 1.76. The maximum absolute atomic E-state index is 11.6. The van der Waals surface area contributed by atoms with Gasteiger partial charge >= 0.3 is 0 Å². The molecule has 0 bridgehead atoms. The number of anilines is 1. The highest BCUT2D eigenvalue weighted by Gasteiger charge is 2.26. The van der Waals surface area contributed by atoms with Crippen molar-refractivity contribution in [3.05, 3.63) is 18.1 Å². The van der Waals surface area contributed by atoms with Crippen LogP contribution in [0.2, 0.25) is 0 Å². The lowest BCUT2D eigenvalue weighted by Gasteiger charge is -2.11. The zero-order valence-corrected chi connectivity index (χ0v) is 11.6. The molecule has 0 aliphatic heterocycles. The minimum atomic E-state index is 0.0818. The maximum Gasteiger partial charge on any atom is 0.221 e. The molecule has 104 valence electrons. The normalized spacial score (nSPS) is 15.9. The molecule has 5 nitrogen and oxygen atoms in total. The van der Waals surface area contributed by atoms with Gasteiger partial charge in [-0.1, -0.05) is 6.92 Å². The Hall–Kier alpha value is -1.65. The molecule has 1 aromatic heterocycles. The number of nitrogens with zero attached hydrogens (tertiary/aromatic N) is 2. The van der Waals surface area contributed by atoms with Gasteiger partial charge in [0.05, 0.1) is 0 Å². The lowest BCUT2D eigenvalue weighted by molar-refractivity contribution is -0.121. The van der Waals surface area contributed by atoms with Crippen LogP contribution in [0.5, 0.6) is 0 Å². The lowest BCUT2D eigenvalue weighted by Crippen LogP contribution is -2.33. The summed E-state index contributed by atoms with van der Waals surface area (Å²) in [6.45, 7) is 4.67. The molecular weight excluding hydrogens is 240 g/mol. The predicted octanol–water partition coefficient (Wildman–Crippen LogP) is 2.07. The van der Waals surface area contributed by atoms with Crippen molar-refractivity contribution in [2.45, 2.75) is 51.5 Å². The third-order valence-electron chi connectivity index (χ3n) is 3.29. The number of aromatic nitrogens is 2. The number of hydrogen-bond acceptors (Lipinski definition) is 4. The minimum absolute atomic E-state index is 0.0818. The summed E-state index contributed by atoms with van der Waals surface area (Å²) < 4.78 is 0. The van der Waals surface area contributed by atoms with Crippen molar-refractivity contribution < 1.29 is 4.79 Å². The molecule has 1 atom stereocenters. The van der Waals surface area contributed by atoms with Gasteiger partial charge in [0.2, 0.25) is 5.91 Å². The Labute approximate surface area is 114 Å². The summed E-state index contributed by atoms with van der Waals surface area (Å²) in [5.41, 5.74) is 0. The highest BCUT2D eigenvalue weighted by molar-refractivity contribution is 5.76. The first-order valence-corrected chi connectivity index (χ1v) is 7.05. The van der Waals surface area contributed by atoms with E-state index in [1.807, 2.05) is 13.0 Å². The monoisotopic (exact) mass is 262 g/mol. The zero-order chi connectivity index (χ0) is 13.7. The quantitative estimate of drug-likeness (QED) is 0.789. The molecule has 0 radical (unpaired) electrons. The molecule has 1 heterocycles. The van der Waals surface area contributed by atoms with E-state index in [1.54, 1.807) is 6.20 Å². The van der Waals surface area contributed by atoms with Gasteiger partial charge in [0.1, 0.15) is 11.6 Å². The molecule has 1 saturated carbocycles. The maximum atomic E-state index is 11.6. The van der Waals surface area contributed by atoms with Crippen molar-refractivity contribution in [3.8, 4) is 0 Å². The summed E-state index contributed by atoms with van der Waals surface area (Å²) in [6.07, 6.45) is 5.59. The van der Waals surface area contributed by atoms with Crippen LogP contribution in [0.15, 0.2) is 12.3 Å². The summed E-state index contributed by atoms with van der Waals surface area (Å²) in [4.78, 5) is 20.3. The van der Waals surface area contributed by atoms with Crippen LogP contribution in [0.25, 0.3) is 0 Å². The standard InChI is InChI=1S/C14H22N4O/c1-3-10(2)17-13(19)7-9-15-12-6-8-16-14(18-12)11-4-5-11/h6,8,10-11H,3-5,7,9H2,1-2H3,(H,17,19)(H,15,16,18). The van der Waals surface area contributed by atoms with E-state index in [0.29, 0.717) is 18.9 Å². The van der Waals surface area contributed by atoms with Gasteiger partial charge in [-0.25, -0.2) is 9.97 Å². The van der Waals surface area contributed by atoms with Crippen LogP contribution in [-0.4, -0.2) is 28.5 Å². The number of amides is 1. The van der Waals surface area contributed by atoms with Crippen LogP contribution in [0.3, 0.4) is 0 Å². The fourth-order valence-corrected chi connectivity index (χ4v) is 1.76. The average Bonchev–Trinajstić information content (AvgIpc) is 3.23. The Balaban J connectivity index is 1.73. The van der Waals surface area contributed by atoms with Crippen LogP contribution >= 0.6 is 0 Å². The zero-order valence-electron chi connectivity index (χ0n) is 11.6. The molecule has 0 spiro atoms. The van der Waals surface area contributed by atoms with E-state index in [0.717, 1.165) is 18.1 Å². The number of carbonyl (C=O) groups is 1. The van der Waals surface area contributed by atoms with E-state index in [1.165, 1.54) is 12.8 Å². The van der Waals surface area contributed by atoms with Crippen molar-refractivity contribution in [1.82, 2.24) is 15.3 Å². The number of rotatable bonds is 7. The van der Waals surface area contributed by atoms with E-state index in [-0.39, 0.29) is 11.9 Å². The van der Waals surface area contributed by atoms with Crippen LogP contribution in [0.4, 0.5) is 5.82 Å². The topological polar surface area (TPSA) is 66.9 Å². The van der Waals surface area contributed by atoms with Gasteiger partial charge in [-0.15, -0.1) is 0 Å². The second-order valence-corrected chi connectivity index (χ2v) is 5.13. The Kier molecular flexibility index (Phi) is 4.71. The van der Waals surface area contributed by atoms with Crippen LogP contribution in [0.1, 0.15) is 51.3 Å². The van der Waals surface area contributed by atoms with Crippen molar-refractivity contribution in [2.75, 3.05) is 11.9 Å². The van der Waals surface area contributed by atoms with Gasteiger partial charge < -0.3 is 10.6 Å². The summed E-state index contributed by atoms with van der Waals surface area (Å²) in [5, 5.41) is 6.12. The molecule has 1 fully saturated rings. The molecule has 1 aliphatic rings. The van der Waals surface area contributed by atoms with Crippen molar-refractivity contribution >= 4 is 11.7 Å². The predicted molar refractivity (Wildman–Crippen MR) is 75.0 cm³/mol. The molecule has 19 heavy (non-hydrogen) atoms. The molecule has 2 N–H and O–H groups in total. The summed E-state index contributed by atoms with van der Waals surface area (Å²) in [5.74, 6) is 2.37. The molecule has 5 heteroatoms. The highest BCUT2D eigenvalue weighted by Crippen LogP contribution is 2.37. The first kappa shape index (κ1) is 13.8. The van der Waals surface area contributed by atoms with Crippen LogP contribution in [0, 0.1) is 0 Å². The van der Waals surface area contributed by atoms with Crippen molar-refractivity contribution in [2.24, 2.45) is 0 Å². The van der Waals surface area contributed by atoms with Crippen LogP contribution < -0.4 is 10.6 Å².